The highest BCUT2D eigenvalue weighted by Crippen LogP contribution is 2.44. The van der Waals surface area contributed by atoms with Crippen molar-refractivity contribution in [3.63, 3.8) is 0 Å². The number of thiophene rings is 1. The largest absolute Gasteiger partial charge is 0.456 e. The van der Waals surface area contributed by atoms with Crippen LogP contribution >= 0.6 is 11.3 Å². The van der Waals surface area contributed by atoms with E-state index >= 15 is 0 Å². The van der Waals surface area contributed by atoms with Crippen LogP contribution < -0.4 is 5.32 Å². The maximum absolute atomic E-state index is 6.60. The van der Waals surface area contributed by atoms with Crippen LogP contribution in [0.3, 0.4) is 0 Å². The summed E-state index contributed by atoms with van der Waals surface area (Å²) in [6.07, 6.45) is -0.482. The molecule has 0 aliphatic carbocycles. The molecule has 10 aromatic carbocycles. The predicted octanol–water partition coefficient (Wildman–Crippen LogP) is 16.3. The van der Waals surface area contributed by atoms with Crippen LogP contribution in [0.2, 0.25) is 0 Å². The Hall–Kier alpha value is -8.38. The molecule has 0 radical (unpaired) electrons. The number of benzene rings is 10. The predicted molar refractivity (Wildman–Crippen MR) is 278 cm³/mol. The van der Waals surface area contributed by atoms with Crippen molar-refractivity contribution in [3.05, 3.63) is 241 Å². The Morgan fingerprint density at radius 3 is 1.64 bits per heavy atom. The Kier molecular flexibility index (Phi) is 9.07. The number of fused-ring (bicyclic) bond motifs is 7. The van der Waals surface area contributed by atoms with Crippen molar-refractivity contribution in [2.45, 2.75) is 6.17 Å². The molecule has 2 aromatic heterocycles. The second-order valence-corrected chi connectivity index (χ2v) is 17.9. The van der Waals surface area contributed by atoms with Gasteiger partial charge < -0.3 is 9.73 Å². The van der Waals surface area contributed by atoms with E-state index in [1.165, 1.54) is 48.0 Å². The third-order valence-corrected chi connectivity index (χ3v) is 14.1. The van der Waals surface area contributed by atoms with Crippen LogP contribution in [0.1, 0.15) is 22.9 Å². The molecule has 0 fully saturated rings. The Balaban J connectivity index is 0.903. The molecular weight excluding hydrogens is 823 g/mol. The molecular formula is C61H39N3OS. The smallest absolute Gasteiger partial charge is 0.170 e. The van der Waals surface area contributed by atoms with Gasteiger partial charge in [-0.15, -0.1) is 11.3 Å². The Morgan fingerprint density at radius 2 is 0.879 bits per heavy atom. The van der Waals surface area contributed by atoms with Gasteiger partial charge in [-0.1, -0.05) is 194 Å². The molecule has 1 unspecified atom stereocenters. The van der Waals surface area contributed by atoms with Gasteiger partial charge in [0.25, 0.3) is 0 Å². The second-order valence-electron chi connectivity index (χ2n) is 16.9. The van der Waals surface area contributed by atoms with Gasteiger partial charge in [0.05, 0.1) is 0 Å². The lowest BCUT2D eigenvalue weighted by molar-refractivity contribution is 0.669. The topological polar surface area (TPSA) is 49.9 Å². The molecule has 0 bridgehead atoms. The Morgan fingerprint density at radius 1 is 0.348 bits per heavy atom. The molecule has 5 heteroatoms. The summed E-state index contributed by atoms with van der Waals surface area (Å²) in [5, 5.41) is 10.7. The zero-order valence-electron chi connectivity index (χ0n) is 35.7. The Labute approximate surface area is 385 Å². The molecule has 0 amide bonds. The van der Waals surface area contributed by atoms with Crippen LogP contribution in [0.5, 0.6) is 0 Å². The highest BCUT2D eigenvalue weighted by atomic mass is 32.1. The molecule has 310 valence electrons. The normalized spacial score (nSPS) is 13.9. The summed E-state index contributed by atoms with van der Waals surface area (Å²) in [6, 6.07) is 79.9. The number of nitrogens with one attached hydrogen (secondary N) is 1. The first-order valence-corrected chi connectivity index (χ1v) is 23.1. The van der Waals surface area contributed by atoms with E-state index in [0.29, 0.717) is 0 Å². The zero-order valence-corrected chi connectivity index (χ0v) is 36.5. The lowest BCUT2D eigenvalue weighted by Crippen LogP contribution is -2.36. The fraction of sp³-hybridized carbons (Fsp3) is 0.0164. The number of furan rings is 1. The molecule has 12 aromatic rings. The number of hydrogen-bond acceptors (Lipinski definition) is 5. The van der Waals surface area contributed by atoms with Crippen LogP contribution in [0.25, 0.3) is 97.4 Å². The number of hydrogen-bond donors (Lipinski definition) is 1. The van der Waals surface area contributed by atoms with E-state index in [2.05, 4.69) is 224 Å². The maximum atomic E-state index is 6.60. The van der Waals surface area contributed by atoms with Gasteiger partial charge in [0.1, 0.15) is 22.8 Å². The van der Waals surface area contributed by atoms with Gasteiger partial charge in [-0.2, -0.15) is 0 Å². The first kappa shape index (κ1) is 38.1. The molecule has 1 aliphatic heterocycles. The van der Waals surface area contributed by atoms with Crippen molar-refractivity contribution in [3.8, 4) is 44.5 Å². The third kappa shape index (κ3) is 6.51. The lowest BCUT2D eigenvalue weighted by atomic mass is 9.91. The van der Waals surface area contributed by atoms with Crippen molar-refractivity contribution >= 4 is 75.9 Å². The van der Waals surface area contributed by atoms with Gasteiger partial charge in [-0.25, -0.2) is 9.98 Å². The fourth-order valence-corrected chi connectivity index (χ4v) is 10.9. The van der Waals surface area contributed by atoms with Crippen molar-refractivity contribution in [2.24, 2.45) is 9.98 Å². The molecule has 13 rings (SSSR count). The molecule has 0 saturated heterocycles. The molecule has 1 aliphatic rings. The van der Waals surface area contributed by atoms with E-state index in [0.717, 1.165) is 77.8 Å². The molecule has 1 N–H and O–H groups in total. The standard InChI is InChI=1S/C61H39N3OS/c1-3-13-38(14-4-1)39-27-29-40(30-28-39)41-31-33-43(34-32-41)60-62-59(42-15-5-2-6-16-42)63-61(64-60)50-23-10-19-46-47(20-9-21-48(46)50)49-22-11-24-54-57(49)52-37-44(35-36-53(52)65-54)45-18-12-26-56-58(45)51-17-7-8-25-55(51)66-56/h1-37,61H,(H,62,63,64). The average Bonchev–Trinajstić information content (AvgIpc) is 3.97. The molecule has 66 heavy (non-hydrogen) atoms. The third-order valence-electron chi connectivity index (χ3n) is 13.0. The summed E-state index contributed by atoms with van der Waals surface area (Å²) in [6.45, 7) is 0. The van der Waals surface area contributed by atoms with E-state index in [1.54, 1.807) is 0 Å². The fourth-order valence-electron chi connectivity index (χ4n) is 9.81. The van der Waals surface area contributed by atoms with Crippen molar-refractivity contribution < 1.29 is 4.42 Å². The van der Waals surface area contributed by atoms with Crippen LogP contribution in [0, 0.1) is 0 Å². The SMILES string of the molecule is c1ccc(C2=NC(c3cccc4c(-c5cccc6oc7ccc(-c8cccc9sc%10ccccc%10c89)cc7c56)cccc34)N=C(c3ccc(-c4ccc(-c5ccccc5)cc4)cc3)N2)cc1. The number of aliphatic imine (C=N–C) groups is 2. The molecule has 1 atom stereocenters. The molecule has 0 spiro atoms. The first-order chi connectivity index (χ1) is 32.7. The van der Waals surface area contributed by atoms with Gasteiger partial charge in [0, 0.05) is 47.6 Å². The number of nitrogens with zero attached hydrogens (tertiary/aromatic N) is 2. The van der Waals surface area contributed by atoms with Crippen LogP contribution in [-0.4, -0.2) is 11.7 Å². The monoisotopic (exact) mass is 861 g/mol. The number of amidine groups is 2. The van der Waals surface area contributed by atoms with E-state index in [1.807, 2.05) is 17.4 Å². The van der Waals surface area contributed by atoms with Gasteiger partial charge in [-0.3, -0.25) is 0 Å². The van der Waals surface area contributed by atoms with Gasteiger partial charge in [0.15, 0.2) is 6.17 Å². The minimum Gasteiger partial charge on any atom is -0.456 e. The molecule has 4 nitrogen and oxygen atoms in total. The molecule has 3 heterocycles. The number of rotatable bonds is 7. The highest BCUT2D eigenvalue weighted by molar-refractivity contribution is 7.25. The van der Waals surface area contributed by atoms with Crippen molar-refractivity contribution in [2.75, 3.05) is 0 Å². The quantitative estimate of drug-likeness (QED) is 0.174. The van der Waals surface area contributed by atoms with E-state index in [-0.39, 0.29) is 0 Å². The van der Waals surface area contributed by atoms with Crippen LogP contribution in [0.4, 0.5) is 0 Å². The summed E-state index contributed by atoms with van der Waals surface area (Å²) in [4.78, 5) is 10.7. The highest BCUT2D eigenvalue weighted by Gasteiger charge is 2.24. The average molecular weight is 862 g/mol. The summed E-state index contributed by atoms with van der Waals surface area (Å²) < 4.78 is 9.20. The first-order valence-electron chi connectivity index (χ1n) is 22.3. The minimum atomic E-state index is -0.482. The van der Waals surface area contributed by atoms with Gasteiger partial charge in [0.2, 0.25) is 0 Å². The van der Waals surface area contributed by atoms with Gasteiger partial charge in [-0.05, 0) is 85.6 Å². The lowest BCUT2D eigenvalue weighted by Gasteiger charge is -2.23. The zero-order chi connectivity index (χ0) is 43.6. The summed E-state index contributed by atoms with van der Waals surface area (Å²) in [7, 11) is 0. The van der Waals surface area contributed by atoms with Crippen molar-refractivity contribution in [1.29, 1.82) is 0 Å². The van der Waals surface area contributed by atoms with Crippen molar-refractivity contribution in [1.82, 2.24) is 5.32 Å². The summed E-state index contributed by atoms with van der Waals surface area (Å²) in [5.41, 5.74) is 14.2. The van der Waals surface area contributed by atoms with Crippen LogP contribution in [-0.2, 0) is 0 Å². The maximum Gasteiger partial charge on any atom is 0.170 e. The van der Waals surface area contributed by atoms with E-state index in [4.69, 9.17) is 14.4 Å². The van der Waals surface area contributed by atoms with E-state index < -0.39 is 6.17 Å². The van der Waals surface area contributed by atoms with Gasteiger partial charge >= 0.3 is 0 Å². The second kappa shape index (κ2) is 15.7. The molecule has 0 saturated carbocycles. The van der Waals surface area contributed by atoms with Crippen LogP contribution in [0.15, 0.2) is 239 Å². The summed E-state index contributed by atoms with van der Waals surface area (Å²) in [5.74, 6) is 1.57. The minimum absolute atomic E-state index is 0.482. The summed E-state index contributed by atoms with van der Waals surface area (Å²) >= 11 is 1.85. The van der Waals surface area contributed by atoms with E-state index in [9.17, 15) is 0 Å². The Bertz CT molecular complexity index is 3880.